The molecule has 1 aromatic carbocycles. The standard InChI is InChI=1S/C18H22N2O4S/c1-14(2)15-7-6-9-17(13-15)24-18(21)20(3)25(22)23-12-10-16-8-4-5-11-19-16/h4-9,11,13-14H,10,12H2,1-3H3. The van der Waals surface area contributed by atoms with Crippen molar-refractivity contribution in [1.29, 1.82) is 0 Å². The van der Waals surface area contributed by atoms with Gasteiger partial charge in [0.25, 0.3) is 11.3 Å². The molecule has 1 aromatic heterocycles. The van der Waals surface area contributed by atoms with Gasteiger partial charge in [-0.2, -0.15) is 0 Å². The largest absolute Gasteiger partial charge is 0.428 e. The Bertz CT molecular complexity index is 722. The zero-order valence-corrected chi connectivity index (χ0v) is 15.4. The molecule has 2 aromatic rings. The fourth-order valence-electron chi connectivity index (χ4n) is 2.01. The molecule has 1 atom stereocenters. The van der Waals surface area contributed by atoms with E-state index >= 15 is 0 Å². The van der Waals surface area contributed by atoms with Gasteiger partial charge >= 0.3 is 6.09 Å². The molecule has 25 heavy (non-hydrogen) atoms. The Morgan fingerprint density at radius 1 is 1.24 bits per heavy atom. The van der Waals surface area contributed by atoms with Crippen molar-refractivity contribution >= 4 is 17.4 Å². The van der Waals surface area contributed by atoms with Gasteiger partial charge in [-0.1, -0.05) is 32.0 Å². The van der Waals surface area contributed by atoms with Crippen LogP contribution in [0.3, 0.4) is 0 Å². The Labute approximate surface area is 150 Å². The van der Waals surface area contributed by atoms with Gasteiger partial charge in [0.05, 0.1) is 6.61 Å². The van der Waals surface area contributed by atoms with E-state index in [1.807, 2.05) is 30.3 Å². The van der Waals surface area contributed by atoms with Gasteiger partial charge in [-0.25, -0.2) is 13.3 Å². The highest BCUT2D eigenvalue weighted by Crippen LogP contribution is 2.20. The van der Waals surface area contributed by atoms with Gasteiger partial charge in [0.15, 0.2) is 0 Å². The lowest BCUT2D eigenvalue weighted by Gasteiger charge is -2.15. The van der Waals surface area contributed by atoms with E-state index in [9.17, 15) is 9.00 Å². The van der Waals surface area contributed by atoms with Gasteiger partial charge in [0.1, 0.15) is 5.75 Å². The monoisotopic (exact) mass is 362 g/mol. The predicted molar refractivity (Wildman–Crippen MR) is 96.4 cm³/mol. The summed E-state index contributed by atoms with van der Waals surface area (Å²) in [6.45, 7) is 4.29. The lowest BCUT2D eigenvalue weighted by atomic mass is 10.0. The number of carbonyl (C=O) groups is 1. The average Bonchev–Trinajstić information content (AvgIpc) is 2.62. The second-order valence-corrected chi connectivity index (χ2v) is 6.92. The summed E-state index contributed by atoms with van der Waals surface area (Å²) in [5, 5.41) is 0. The van der Waals surface area contributed by atoms with Crippen molar-refractivity contribution in [2.45, 2.75) is 26.2 Å². The molecule has 0 bridgehead atoms. The third-order valence-electron chi connectivity index (χ3n) is 3.48. The van der Waals surface area contributed by atoms with Crippen LogP contribution in [0.1, 0.15) is 31.0 Å². The first-order valence-electron chi connectivity index (χ1n) is 7.98. The molecule has 7 heteroatoms. The molecular formula is C18H22N2O4S. The Hall–Kier alpha value is -2.25. The van der Waals surface area contributed by atoms with Crippen LogP contribution >= 0.6 is 0 Å². The molecule has 0 radical (unpaired) electrons. The fourth-order valence-corrected chi connectivity index (χ4v) is 2.55. The number of pyridine rings is 1. The Morgan fingerprint density at radius 2 is 2.04 bits per heavy atom. The van der Waals surface area contributed by atoms with Crippen molar-refractivity contribution in [3.63, 3.8) is 0 Å². The van der Waals surface area contributed by atoms with E-state index in [1.165, 1.54) is 7.05 Å². The van der Waals surface area contributed by atoms with Crippen molar-refractivity contribution in [2.24, 2.45) is 0 Å². The summed E-state index contributed by atoms with van der Waals surface area (Å²) in [6.07, 6.45) is 1.45. The van der Waals surface area contributed by atoms with Crippen LogP contribution in [0.15, 0.2) is 48.7 Å². The van der Waals surface area contributed by atoms with E-state index in [2.05, 4.69) is 18.8 Å². The summed E-state index contributed by atoms with van der Waals surface area (Å²) < 4.78 is 23.4. The van der Waals surface area contributed by atoms with Crippen LogP contribution in [0.4, 0.5) is 4.79 Å². The molecule has 0 aliphatic carbocycles. The number of amides is 1. The van der Waals surface area contributed by atoms with Crippen LogP contribution in [-0.2, 0) is 21.9 Å². The van der Waals surface area contributed by atoms with Crippen molar-refractivity contribution in [3.8, 4) is 5.75 Å². The highest BCUT2D eigenvalue weighted by Gasteiger charge is 2.19. The first kappa shape index (κ1) is 19.1. The van der Waals surface area contributed by atoms with Gasteiger partial charge in [-0.15, -0.1) is 0 Å². The Kier molecular flexibility index (Phi) is 7.09. The summed E-state index contributed by atoms with van der Waals surface area (Å²) >= 11 is -1.93. The number of ether oxygens (including phenoxy) is 1. The van der Waals surface area contributed by atoms with Crippen LogP contribution in [0.25, 0.3) is 0 Å². The highest BCUT2D eigenvalue weighted by atomic mass is 32.2. The molecule has 1 unspecified atom stereocenters. The van der Waals surface area contributed by atoms with E-state index in [1.54, 1.807) is 18.3 Å². The molecule has 0 N–H and O–H groups in total. The molecular weight excluding hydrogens is 340 g/mol. The number of hydrogen-bond acceptors (Lipinski definition) is 5. The van der Waals surface area contributed by atoms with Crippen LogP contribution in [0.2, 0.25) is 0 Å². The van der Waals surface area contributed by atoms with E-state index in [-0.39, 0.29) is 6.61 Å². The lowest BCUT2D eigenvalue weighted by Crippen LogP contribution is -2.32. The van der Waals surface area contributed by atoms with Gasteiger partial charge in [-0.05, 0) is 35.7 Å². The zero-order valence-electron chi connectivity index (χ0n) is 14.5. The van der Waals surface area contributed by atoms with Crippen LogP contribution in [0, 0.1) is 0 Å². The predicted octanol–water partition coefficient (Wildman–Crippen LogP) is 3.47. The molecule has 0 aliphatic heterocycles. The molecule has 0 saturated carbocycles. The van der Waals surface area contributed by atoms with Crippen molar-refractivity contribution in [2.75, 3.05) is 13.7 Å². The molecule has 0 saturated heterocycles. The smallest absolute Gasteiger partial charge is 0.409 e. The Morgan fingerprint density at radius 3 is 2.72 bits per heavy atom. The van der Waals surface area contributed by atoms with E-state index in [4.69, 9.17) is 8.92 Å². The molecule has 0 aliphatic rings. The van der Waals surface area contributed by atoms with Crippen LogP contribution < -0.4 is 4.74 Å². The van der Waals surface area contributed by atoms with E-state index in [0.717, 1.165) is 15.6 Å². The summed E-state index contributed by atoms with van der Waals surface area (Å²) in [5.41, 5.74) is 1.89. The number of aromatic nitrogens is 1. The summed E-state index contributed by atoms with van der Waals surface area (Å²) in [4.78, 5) is 16.2. The second kappa shape index (κ2) is 9.29. The third kappa shape index (κ3) is 5.95. The molecule has 0 spiro atoms. The first-order valence-corrected chi connectivity index (χ1v) is 9.01. The lowest BCUT2D eigenvalue weighted by molar-refractivity contribution is 0.182. The van der Waals surface area contributed by atoms with Gasteiger partial charge in [0, 0.05) is 25.4 Å². The number of rotatable bonds is 7. The zero-order chi connectivity index (χ0) is 18.2. The van der Waals surface area contributed by atoms with Gasteiger partial charge in [-0.3, -0.25) is 9.17 Å². The summed E-state index contributed by atoms with van der Waals surface area (Å²) in [7, 11) is 1.37. The maximum absolute atomic E-state index is 12.1. The summed E-state index contributed by atoms with van der Waals surface area (Å²) in [5.74, 6) is 0.731. The minimum absolute atomic E-state index is 0.185. The molecule has 6 nitrogen and oxygen atoms in total. The van der Waals surface area contributed by atoms with Crippen LogP contribution in [0.5, 0.6) is 5.75 Å². The normalized spacial score (nSPS) is 12.0. The second-order valence-electron chi connectivity index (χ2n) is 5.70. The van der Waals surface area contributed by atoms with Gasteiger partial charge in [0.2, 0.25) is 0 Å². The summed E-state index contributed by atoms with van der Waals surface area (Å²) in [6, 6.07) is 12.8. The maximum atomic E-state index is 12.1. The minimum Gasteiger partial charge on any atom is -0.409 e. The average molecular weight is 362 g/mol. The number of carbonyl (C=O) groups excluding carboxylic acids is 1. The highest BCUT2D eigenvalue weighted by molar-refractivity contribution is 7.78. The quantitative estimate of drug-likeness (QED) is 0.754. The van der Waals surface area contributed by atoms with E-state index < -0.39 is 17.4 Å². The Balaban J connectivity index is 1.84. The molecule has 0 fully saturated rings. The molecule has 1 heterocycles. The number of nitrogens with zero attached hydrogens (tertiary/aromatic N) is 2. The third-order valence-corrected chi connectivity index (χ3v) is 4.44. The number of hydrogen-bond donors (Lipinski definition) is 0. The SMILES string of the molecule is CC(C)c1cccc(OC(=O)N(C)S(=O)OCCc2ccccn2)c1. The number of benzene rings is 1. The molecule has 1 amide bonds. The van der Waals surface area contributed by atoms with Gasteiger partial charge < -0.3 is 4.74 Å². The van der Waals surface area contributed by atoms with Crippen molar-refractivity contribution in [1.82, 2.24) is 9.29 Å². The van der Waals surface area contributed by atoms with Crippen LogP contribution in [-0.4, -0.2) is 33.2 Å². The van der Waals surface area contributed by atoms with Crippen molar-refractivity contribution < 1.29 is 17.9 Å². The van der Waals surface area contributed by atoms with E-state index in [0.29, 0.717) is 18.1 Å². The topological polar surface area (TPSA) is 68.7 Å². The molecule has 2 rings (SSSR count). The first-order chi connectivity index (χ1) is 12.0. The maximum Gasteiger partial charge on any atom is 0.428 e. The minimum atomic E-state index is -1.93. The molecule has 134 valence electrons. The van der Waals surface area contributed by atoms with Crippen molar-refractivity contribution in [3.05, 3.63) is 59.9 Å². The fraction of sp³-hybridized carbons (Fsp3) is 0.333.